The average Bonchev–Trinajstić information content (AvgIpc) is 2.65. The van der Waals surface area contributed by atoms with Crippen molar-refractivity contribution in [2.24, 2.45) is 0 Å². The topological polar surface area (TPSA) is 41.8 Å². The molecule has 1 aliphatic rings. The van der Waals surface area contributed by atoms with Crippen molar-refractivity contribution in [1.29, 1.82) is 0 Å². The monoisotopic (exact) mass is 250 g/mol. The fraction of sp³-hybridized carbons (Fsp3) is 0.273. The third kappa shape index (κ3) is 1.02. The molecule has 0 fully saturated rings. The Kier molecular flexibility index (Phi) is 1.65. The van der Waals surface area contributed by atoms with Crippen molar-refractivity contribution in [3.05, 3.63) is 27.9 Å². The molecule has 3 N–H and O–H groups in total. The van der Waals surface area contributed by atoms with Crippen LogP contribution in [0.3, 0.4) is 0 Å². The van der Waals surface area contributed by atoms with Crippen molar-refractivity contribution < 1.29 is 0 Å². The molecule has 3 rings (SSSR count). The zero-order valence-corrected chi connectivity index (χ0v) is 9.32. The Morgan fingerprint density at radius 3 is 3.00 bits per heavy atom. The Bertz CT molecular complexity index is 513. The summed E-state index contributed by atoms with van der Waals surface area (Å²) in [6.07, 6.45) is 3.62. The van der Waals surface area contributed by atoms with Crippen LogP contribution in [0.5, 0.6) is 0 Å². The van der Waals surface area contributed by atoms with E-state index in [-0.39, 0.29) is 0 Å². The van der Waals surface area contributed by atoms with Crippen molar-refractivity contribution in [2.75, 3.05) is 5.73 Å². The van der Waals surface area contributed by atoms with Crippen molar-refractivity contribution in [2.45, 2.75) is 19.3 Å². The molecule has 72 valence electrons. The molecule has 2 aromatic rings. The van der Waals surface area contributed by atoms with Crippen LogP contribution < -0.4 is 5.73 Å². The van der Waals surface area contributed by atoms with E-state index < -0.39 is 0 Å². The highest BCUT2D eigenvalue weighted by molar-refractivity contribution is 9.10. The fourth-order valence-electron chi connectivity index (χ4n) is 2.34. The van der Waals surface area contributed by atoms with Crippen LogP contribution in [-0.2, 0) is 12.8 Å². The molecule has 14 heavy (non-hydrogen) atoms. The standard InChI is InChI=1S/C11H11BrN2/c12-6-4-8-7-2-1-3-10(7)14-11(8)9(13)5-6/h4-5,14H,1-3,13H2. The number of nitrogen functional groups attached to an aromatic ring is 1. The van der Waals surface area contributed by atoms with E-state index in [1.165, 1.54) is 35.9 Å². The second-order valence-corrected chi connectivity index (χ2v) is 4.77. The molecule has 0 radical (unpaired) electrons. The van der Waals surface area contributed by atoms with Crippen LogP contribution in [-0.4, -0.2) is 4.98 Å². The largest absolute Gasteiger partial charge is 0.397 e. The van der Waals surface area contributed by atoms with Gasteiger partial charge in [0.15, 0.2) is 0 Å². The summed E-state index contributed by atoms with van der Waals surface area (Å²) in [6, 6.07) is 4.11. The summed E-state index contributed by atoms with van der Waals surface area (Å²) in [4.78, 5) is 3.43. The SMILES string of the molecule is Nc1cc(Br)cc2c3c([nH]c12)CCC3. The lowest BCUT2D eigenvalue weighted by Gasteiger charge is -1.99. The van der Waals surface area contributed by atoms with Gasteiger partial charge in [-0.1, -0.05) is 15.9 Å². The number of aromatic amines is 1. The number of aromatic nitrogens is 1. The maximum atomic E-state index is 5.96. The Morgan fingerprint density at radius 1 is 1.29 bits per heavy atom. The molecular formula is C11H11BrN2. The number of benzene rings is 1. The van der Waals surface area contributed by atoms with E-state index in [4.69, 9.17) is 5.73 Å². The van der Waals surface area contributed by atoms with Gasteiger partial charge in [0.2, 0.25) is 0 Å². The second-order valence-electron chi connectivity index (χ2n) is 3.85. The van der Waals surface area contributed by atoms with Crippen LogP contribution >= 0.6 is 15.9 Å². The van der Waals surface area contributed by atoms with Crippen molar-refractivity contribution in [1.82, 2.24) is 4.98 Å². The molecule has 0 unspecified atom stereocenters. The van der Waals surface area contributed by atoms with Gasteiger partial charge in [-0.2, -0.15) is 0 Å². The van der Waals surface area contributed by atoms with Gasteiger partial charge in [-0.25, -0.2) is 0 Å². The number of hydrogen-bond donors (Lipinski definition) is 2. The van der Waals surface area contributed by atoms with E-state index in [9.17, 15) is 0 Å². The molecule has 0 saturated heterocycles. The van der Waals surface area contributed by atoms with E-state index in [0.717, 1.165) is 15.7 Å². The Morgan fingerprint density at radius 2 is 2.14 bits per heavy atom. The molecule has 0 saturated carbocycles. The minimum Gasteiger partial charge on any atom is -0.397 e. The zero-order chi connectivity index (χ0) is 9.71. The van der Waals surface area contributed by atoms with Gasteiger partial charge >= 0.3 is 0 Å². The first-order chi connectivity index (χ1) is 6.75. The molecule has 0 atom stereocenters. The minimum absolute atomic E-state index is 0.837. The number of nitrogens with two attached hydrogens (primary N) is 1. The molecule has 1 heterocycles. The summed E-state index contributed by atoms with van der Waals surface area (Å²) >= 11 is 3.48. The van der Waals surface area contributed by atoms with Gasteiger partial charge in [0, 0.05) is 15.6 Å². The molecule has 1 aromatic carbocycles. The predicted octanol–water partition coefficient (Wildman–Crippen LogP) is 3.00. The highest BCUT2D eigenvalue weighted by atomic mass is 79.9. The van der Waals surface area contributed by atoms with Gasteiger partial charge in [0.05, 0.1) is 11.2 Å². The number of hydrogen-bond acceptors (Lipinski definition) is 1. The van der Waals surface area contributed by atoms with E-state index in [2.05, 4.69) is 27.0 Å². The van der Waals surface area contributed by atoms with E-state index in [1.54, 1.807) is 0 Å². The molecule has 0 aliphatic heterocycles. The van der Waals surface area contributed by atoms with Crippen molar-refractivity contribution in [3.63, 3.8) is 0 Å². The molecule has 3 heteroatoms. The van der Waals surface area contributed by atoms with Gasteiger partial charge in [-0.05, 0) is 37.0 Å². The van der Waals surface area contributed by atoms with E-state index in [0.29, 0.717) is 0 Å². The van der Waals surface area contributed by atoms with Gasteiger partial charge in [0.25, 0.3) is 0 Å². The van der Waals surface area contributed by atoms with Crippen molar-refractivity contribution >= 4 is 32.5 Å². The minimum atomic E-state index is 0.837. The molecular weight excluding hydrogens is 240 g/mol. The summed E-state index contributed by atoms with van der Waals surface area (Å²) in [5, 5.41) is 1.30. The quantitative estimate of drug-likeness (QED) is 0.694. The molecule has 1 aliphatic carbocycles. The van der Waals surface area contributed by atoms with Gasteiger partial charge in [-0.15, -0.1) is 0 Å². The van der Waals surface area contributed by atoms with E-state index in [1.807, 2.05) is 6.07 Å². The first-order valence-corrected chi connectivity index (χ1v) is 5.63. The Balaban J connectivity index is 2.43. The number of rotatable bonds is 0. The highest BCUT2D eigenvalue weighted by Crippen LogP contribution is 2.34. The van der Waals surface area contributed by atoms with Crippen LogP contribution in [0.4, 0.5) is 5.69 Å². The van der Waals surface area contributed by atoms with Crippen LogP contribution in [0, 0.1) is 0 Å². The van der Waals surface area contributed by atoms with Crippen LogP contribution in [0.15, 0.2) is 16.6 Å². The molecule has 0 bridgehead atoms. The smallest absolute Gasteiger partial charge is 0.0693 e. The number of aryl methyl sites for hydroxylation is 2. The maximum Gasteiger partial charge on any atom is 0.0693 e. The predicted molar refractivity (Wildman–Crippen MR) is 62.4 cm³/mol. The second kappa shape index (κ2) is 2.76. The lowest BCUT2D eigenvalue weighted by atomic mass is 10.1. The first-order valence-electron chi connectivity index (χ1n) is 4.84. The third-order valence-electron chi connectivity index (χ3n) is 2.95. The average molecular weight is 251 g/mol. The number of fused-ring (bicyclic) bond motifs is 3. The summed E-state index contributed by atoms with van der Waals surface area (Å²) < 4.78 is 1.07. The number of H-pyrrole nitrogens is 1. The lowest BCUT2D eigenvalue weighted by molar-refractivity contribution is 0.899. The van der Waals surface area contributed by atoms with E-state index >= 15 is 0 Å². The van der Waals surface area contributed by atoms with Gasteiger partial charge in [-0.3, -0.25) is 0 Å². The Labute approximate surface area is 90.6 Å². The highest BCUT2D eigenvalue weighted by Gasteiger charge is 2.17. The normalized spacial score (nSPS) is 14.9. The molecule has 0 spiro atoms. The van der Waals surface area contributed by atoms with Crippen LogP contribution in [0.2, 0.25) is 0 Å². The van der Waals surface area contributed by atoms with Crippen LogP contribution in [0.1, 0.15) is 17.7 Å². The van der Waals surface area contributed by atoms with Gasteiger partial charge in [0.1, 0.15) is 0 Å². The fourth-order valence-corrected chi connectivity index (χ4v) is 2.81. The van der Waals surface area contributed by atoms with Crippen molar-refractivity contribution in [3.8, 4) is 0 Å². The summed E-state index contributed by atoms with van der Waals surface area (Å²) in [5.74, 6) is 0. The lowest BCUT2D eigenvalue weighted by Crippen LogP contribution is -1.87. The zero-order valence-electron chi connectivity index (χ0n) is 7.73. The van der Waals surface area contributed by atoms with Crippen LogP contribution in [0.25, 0.3) is 10.9 Å². The molecule has 2 nitrogen and oxygen atoms in total. The maximum absolute atomic E-state index is 5.96. The third-order valence-corrected chi connectivity index (χ3v) is 3.41. The summed E-state index contributed by atoms with van der Waals surface area (Å²) in [7, 11) is 0. The Hall–Kier alpha value is -0.960. The molecule has 1 aromatic heterocycles. The number of anilines is 1. The first kappa shape index (κ1) is 8.36. The number of nitrogens with one attached hydrogen (secondary N) is 1. The number of halogens is 1. The summed E-state index contributed by atoms with van der Waals surface area (Å²) in [6.45, 7) is 0. The molecule has 0 amide bonds. The summed E-state index contributed by atoms with van der Waals surface area (Å²) in [5.41, 5.74) is 10.7. The van der Waals surface area contributed by atoms with Gasteiger partial charge < -0.3 is 10.7 Å².